The minimum absolute atomic E-state index is 0.00889. The maximum Gasteiger partial charge on any atom is 0.305 e. The van der Waals surface area contributed by atoms with Crippen LogP contribution in [0.4, 0.5) is 10.1 Å². The van der Waals surface area contributed by atoms with E-state index >= 15 is 0 Å². The first kappa shape index (κ1) is 19.5. The van der Waals surface area contributed by atoms with E-state index in [1.54, 1.807) is 11.8 Å². The molecule has 1 spiro atoms. The number of nitrogens with one attached hydrogen (secondary N) is 1. The summed E-state index contributed by atoms with van der Waals surface area (Å²) in [5.74, 6) is -0.528. The Kier molecular flexibility index (Phi) is 4.01. The molecule has 1 aromatic carbocycles. The number of thiazole rings is 1. The molecule has 2 amide bonds. The standard InChI is InChI=1S/C24H23FN2O3S2/c25-11-4-6-12(7-5-11)27-21(28)15-13-10-14(16(15)22(27)29)18-17(13)24(8-2-1-3-9-24)19-20(31-18)26-23(30)32-19/h4-7,13-18H,1-3,8-10H2,(H,26,30)/t13-,14-,15-,16-,17+,18+/m0/s1. The first-order valence-corrected chi connectivity index (χ1v) is 13.2. The summed E-state index contributed by atoms with van der Waals surface area (Å²) in [6.45, 7) is 0. The zero-order valence-electron chi connectivity index (χ0n) is 17.4. The lowest BCUT2D eigenvalue weighted by Crippen LogP contribution is -2.51. The molecule has 166 valence electrons. The van der Waals surface area contributed by atoms with E-state index in [-0.39, 0.29) is 56.8 Å². The second kappa shape index (κ2) is 6.56. The van der Waals surface area contributed by atoms with Gasteiger partial charge in [0, 0.05) is 15.5 Å². The van der Waals surface area contributed by atoms with Crippen molar-refractivity contribution in [3.05, 3.63) is 44.6 Å². The number of halogens is 1. The van der Waals surface area contributed by atoms with Crippen molar-refractivity contribution >= 4 is 40.6 Å². The highest BCUT2D eigenvalue weighted by molar-refractivity contribution is 8.00. The van der Waals surface area contributed by atoms with Gasteiger partial charge in [0.05, 0.1) is 22.5 Å². The Bertz CT molecular complexity index is 1200. The van der Waals surface area contributed by atoms with E-state index < -0.39 is 0 Å². The molecule has 3 heterocycles. The van der Waals surface area contributed by atoms with Gasteiger partial charge in [0.2, 0.25) is 11.8 Å². The third-order valence-corrected chi connectivity index (χ3v) is 11.6. The van der Waals surface area contributed by atoms with Crippen LogP contribution in [0, 0.1) is 35.4 Å². The number of fused-ring (bicyclic) bond motifs is 11. The molecule has 7 rings (SSSR count). The fourth-order valence-corrected chi connectivity index (χ4v) is 11.1. The molecule has 6 atom stereocenters. The van der Waals surface area contributed by atoms with Gasteiger partial charge in [-0.15, -0.1) is 11.8 Å². The lowest BCUT2D eigenvalue weighted by Gasteiger charge is -2.52. The molecule has 1 saturated heterocycles. The van der Waals surface area contributed by atoms with Gasteiger partial charge in [-0.25, -0.2) is 4.39 Å². The molecule has 4 fully saturated rings. The van der Waals surface area contributed by atoms with Crippen molar-refractivity contribution in [1.29, 1.82) is 0 Å². The first-order valence-electron chi connectivity index (χ1n) is 11.5. The molecule has 0 unspecified atom stereocenters. The van der Waals surface area contributed by atoms with Crippen molar-refractivity contribution in [2.45, 2.75) is 54.2 Å². The van der Waals surface area contributed by atoms with Crippen LogP contribution in [0.1, 0.15) is 43.4 Å². The smallest absolute Gasteiger partial charge is 0.305 e. The first-order chi connectivity index (χ1) is 15.5. The molecule has 0 radical (unpaired) electrons. The predicted molar refractivity (Wildman–Crippen MR) is 120 cm³/mol. The number of rotatable bonds is 1. The number of H-pyrrole nitrogens is 1. The van der Waals surface area contributed by atoms with E-state index in [1.807, 2.05) is 0 Å². The monoisotopic (exact) mass is 470 g/mol. The Hall–Kier alpha value is -1.93. The number of aromatic nitrogens is 1. The third kappa shape index (κ3) is 2.32. The fraction of sp³-hybridized carbons (Fsp3) is 0.542. The van der Waals surface area contributed by atoms with Crippen LogP contribution in [0.5, 0.6) is 0 Å². The van der Waals surface area contributed by atoms with E-state index in [2.05, 4.69) is 4.98 Å². The van der Waals surface area contributed by atoms with Gasteiger partial charge in [-0.3, -0.25) is 19.3 Å². The molecule has 2 aromatic rings. The topological polar surface area (TPSA) is 70.2 Å². The Morgan fingerprint density at radius 2 is 1.66 bits per heavy atom. The summed E-state index contributed by atoms with van der Waals surface area (Å²) in [6.07, 6.45) is 6.59. The third-order valence-electron chi connectivity index (χ3n) is 8.89. The van der Waals surface area contributed by atoms with E-state index in [1.165, 1.54) is 51.8 Å². The summed E-state index contributed by atoms with van der Waals surface area (Å²) in [5.41, 5.74) is 0.436. The average molecular weight is 471 g/mol. The quantitative estimate of drug-likeness (QED) is 0.630. The van der Waals surface area contributed by atoms with Crippen LogP contribution in [-0.2, 0) is 15.0 Å². The van der Waals surface area contributed by atoms with Gasteiger partial charge in [-0.2, -0.15) is 0 Å². The predicted octanol–water partition coefficient (Wildman–Crippen LogP) is 4.32. The molecule has 5 nitrogen and oxygen atoms in total. The zero-order chi connectivity index (χ0) is 21.8. The average Bonchev–Trinajstić information content (AvgIpc) is 3.51. The summed E-state index contributed by atoms with van der Waals surface area (Å²) in [4.78, 5) is 45.1. The molecule has 3 saturated carbocycles. The second-order valence-electron chi connectivity index (χ2n) is 10.1. The minimum Gasteiger partial charge on any atom is -0.307 e. The summed E-state index contributed by atoms with van der Waals surface area (Å²) >= 11 is 3.12. The SMILES string of the molecule is O=C1[C@H]2[C@@H]3C[C@@H]([C@@H]2C(=O)N1c1ccc(F)cc1)[C@@H]1[C@@H]3Sc2[nH]c(=O)sc2C12CCCCC2. The highest BCUT2D eigenvalue weighted by Crippen LogP contribution is 2.71. The Morgan fingerprint density at radius 1 is 0.969 bits per heavy atom. The van der Waals surface area contributed by atoms with Gasteiger partial charge in [0.15, 0.2) is 0 Å². The largest absolute Gasteiger partial charge is 0.307 e. The number of benzene rings is 1. The lowest BCUT2D eigenvalue weighted by molar-refractivity contribution is -0.123. The number of hydrogen-bond acceptors (Lipinski definition) is 5. The highest BCUT2D eigenvalue weighted by Gasteiger charge is 2.72. The molecular formula is C24H23FN2O3S2. The number of nitrogens with zero attached hydrogens (tertiary/aromatic N) is 1. The van der Waals surface area contributed by atoms with Gasteiger partial charge in [-0.1, -0.05) is 30.6 Å². The van der Waals surface area contributed by atoms with Crippen LogP contribution in [0.25, 0.3) is 0 Å². The van der Waals surface area contributed by atoms with Crippen molar-refractivity contribution in [3.63, 3.8) is 0 Å². The molecule has 3 aliphatic carbocycles. The van der Waals surface area contributed by atoms with Crippen LogP contribution >= 0.6 is 23.1 Å². The maximum absolute atomic E-state index is 13.6. The summed E-state index contributed by atoms with van der Waals surface area (Å²) < 4.78 is 13.4. The molecule has 1 N–H and O–H groups in total. The van der Waals surface area contributed by atoms with Crippen molar-refractivity contribution in [2.75, 3.05) is 4.90 Å². The molecule has 8 heteroatoms. The van der Waals surface area contributed by atoms with Crippen molar-refractivity contribution in [3.8, 4) is 0 Å². The Labute approximate surface area is 192 Å². The Balaban J connectivity index is 1.32. The normalized spacial score (nSPS) is 36.5. The molecule has 2 aliphatic heterocycles. The zero-order valence-corrected chi connectivity index (χ0v) is 19.0. The van der Waals surface area contributed by atoms with Crippen LogP contribution in [-0.4, -0.2) is 22.0 Å². The minimum atomic E-state index is -0.380. The number of aromatic amines is 1. The number of hydrogen-bond donors (Lipinski definition) is 1. The molecule has 2 bridgehead atoms. The van der Waals surface area contributed by atoms with Crippen LogP contribution in [0.2, 0.25) is 0 Å². The van der Waals surface area contributed by atoms with Gasteiger partial charge >= 0.3 is 4.87 Å². The molecule has 5 aliphatic rings. The van der Waals surface area contributed by atoms with Crippen molar-refractivity contribution in [2.24, 2.45) is 29.6 Å². The second-order valence-corrected chi connectivity index (χ2v) is 12.3. The summed E-state index contributed by atoms with van der Waals surface area (Å²) in [5, 5.41) is 1.28. The lowest BCUT2D eigenvalue weighted by atomic mass is 9.57. The number of carbonyl (C=O) groups is 2. The van der Waals surface area contributed by atoms with E-state index in [9.17, 15) is 18.8 Å². The Morgan fingerprint density at radius 3 is 2.38 bits per heavy atom. The summed E-state index contributed by atoms with van der Waals surface area (Å²) in [7, 11) is 0. The number of imide groups is 1. The number of thioether (sulfide) groups is 1. The van der Waals surface area contributed by atoms with Gasteiger partial charge in [0.25, 0.3) is 0 Å². The fourth-order valence-electron chi connectivity index (χ4n) is 7.92. The molecule has 1 aromatic heterocycles. The summed E-state index contributed by atoms with van der Waals surface area (Å²) in [6, 6.07) is 5.67. The number of carbonyl (C=O) groups excluding carboxylic acids is 2. The van der Waals surface area contributed by atoms with E-state index in [0.717, 1.165) is 37.1 Å². The molecular weight excluding hydrogens is 447 g/mol. The number of amides is 2. The maximum atomic E-state index is 13.6. The van der Waals surface area contributed by atoms with E-state index in [0.29, 0.717) is 11.6 Å². The van der Waals surface area contributed by atoms with Gasteiger partial charge < -0.3 is 4.98 Å². The number of anilines is 1. The van der Waals surface area contributed by atoms with E-state index in [4.69, 9.17) is 0 Å². The van der Waals surface area contributed by atoms with Crippen molar-refractivity contribution < 1.29 is 14.0 Å². The van der Waals surface area contributed by atoms with Crippen LogP contribution in [0.3, 0.4) is 0 Å². The van der Waals surface area contributed by atoms with Crippen molar-refractivity contribution in [1.82, 2.24) is 4.98 Å². The highest BCUT2D eigenvalue weighted by atomic mass is 32.2. The van der Waals surface area contributed by atoms with Crippen LogP contribution < -0.4 is 9.77 Å². The van der Waals surface area contributed by atoms with Gasteiger partial charge in [0.1, 0.15) is 5.82 Å². The van der Waals surface area contributed by atoms with Crippen LogP contribution in [0.15, 0.2) is 34.1 Å². The molecule has 32 heavy (non-hydrogen) atoms. The van der Waals surface area contributed by atoms with Gasteiger partial charge in [-0.05, 0) is 61.3 Å².